The van der Waals surface area contributed by atoms with E-state index >= 15 is 0 Å². The normalized spacial score (nSPS) is 10.9. The van der Waals surface area contributed by atoms with E-state index in [0.717, 1.165) is 27.6 Å². The van der Waals surface area contributed by atoms with Crippen molar-refractivity contribution in [3.8, 4) is 0 Å². The fourth-order valence-corrected chi connectivity index (χ4v) is 2.29. The first-order valence-corrected chi connectivity index (χ1v) is 6.95. The molecule has 0 saturated carbocycles. The minimum absolute atomic E-state index is 0.661. The van der Waals surface area contributed by atoms with Crippen LogP contribution in [0, 0.1) is 13.8 Å². The Kier molecular flexibility index (Phi) is 3.36. The zero-order chi connectivity index (χ0) is 14.1. The molecule has 102 valence electrons. The molecular formula is C16H16ClN3. The van der Waals surface area contributed by atoms with Gasteiger partial charge in [0, 0.05) is 10.7 Å². The van der Waals surface area contributed by atoms with E-state index in [1.54, 1.807) is 0 Å². The summed E-state index contributed by atoms with van der Waals surface area (Å²) in [5.74, 6) is 0.931. The average molecular weight is 286 g/mol. The number of nitrogens with zero attached hydrogens (tertiary/aromatic N) is 1. The van der Waals surface area contributed by atoms with Gasteiger partial charge in [0.25, 0.3) is 0 Å². The van der Waals surface area contributed by atoms with Crippen molar-refractivity contribution in [2.24, 2.45) is 0 Å². The molecule has 2 aromatic carbocycles. The van der Waals surface area contributed by atoms with Crippen molar-refractivity contribution >= 4 is 28.3 Å². The summed E-state index contributed by atoms with van der Waals surface area (Å²) < 4.78 is 0. The van der Waals surface area contributed by atoms with E-state index in [1.165, 1.54) is 11.1 Å². The van der Waals surface area contributed by atoms with Gasteiger partial charge in [-0.3, -0.25) is 0 Å². The maximum atomic E-state index is 5.87. The van der Waals surface area contributed by atoms with Crippen LogP contribution in [0.5, 0.6) is 0 Å². The second kappa shape index (κ2) is 5.17. The molecule has 0 saturated heterocycles. The van der Waals surface area contributed by atoms with Gasteiger partial charge in [-0.25, -0.2) is 4.98 Å². The molecule has 3 nitrogen and oxygen atoms in total. The predicted molar refractivity (Wildman–Crippen MR) is 84.3 cm³/mol. The van der Waals surface area contributed by atoms with Crippen LogP contribution in [0.15, 0.2) is 36.4 Å². The number of aromatic nitrogens is 2. The number of halogens is 1. The van der Waals surface area contributed by atoms with E-state index < -0.39 is 0 Å². The molecular weight excluding hydrogens is 270 g/mol. The molecule has 0 bridgehead atoms. The first-order chi connectivity index (χ1) is 9.61. The van der Waals surface area contributed by atoms with Gasteiger partial charge in [0.2, 0.25) is 0 Å². The highest BCUT2D eigenvalue weighted by Gasteiger charge is 2.04. The lowest BCUT2D eigenvalue weighted by molar-refractivity contribution is 1.01. The van der Waals surface area contributed by atoms with Crippen molar-refractivity contribution in [2.75, 3.05) is 5.32 Å². The summed E-state index contributed by atoms with van der Waals surface area (Å²) in [6, 6.07) is 11.9. The van der Waals surface area contributed by atoms with Crippen LogP contribution in [0.25, 0.3) is 11.0 Å². The maximum Gasteiger partial charge on any atom is 0.126 e. The van der Waals surface area contributed by atoms with Crippen LogP contribution in [0.4, 0.5) is 5.69 Å². The molecule has 20 heavy (non-hydrogen) atoms. The molecule has 0 amide bonds. The summed E-state index contributed by atoms with van der Waals surface area (Å²) in [7, 11) is 0. The summed E-state index contributed by atoms with van der Waals surface area (Å²) in [6.07, 6.45) is 0. The molecule has 0 radical (unpaired) electrons. The lowest BCUT2D eigenvalue weighted by atomic mass is 10.1. The van der Waals surface area contributed by atoms with E-state index in [0.29, 0.717) is 6.54 Å². The van der Waals surface area contributed by atoms with Crippen molar-refractivity contribution in [2.45, 2.75) is 20.4 Å². The number of H-pyrrole nitrogens is 1. The lowest BCUT2D eigenvalue weighted by Crippen LogP contribution is -2.00. The molecule has 0 aliphatic heterocycles. The number of imidazole rings is 1. The molecule has 0 atom stereocenters. The van der Waals surface area contributed by atoms with Gasteiger partial charge in [0.15, 0.2) is 0 Å². The van der Waals surface area contributed by atoms with Gasteiger partial charge in [0.1, 0.15) is 5.82 Å². The number of benzene rings is 2. The van der Waals surface area contributed by atoms with E-state index in [4.69, 9.17) is 11.6 Å². The summed E-state index contributed by atoms with van der Waals surface area (Å²) in [6.45, 7) is 4.88. The number of hydrogen-bond acceptors (Lipinski definition) is 2. The molecule has 0 unspecified atom stereocenters. The zero-order valence-electron chi connectivity index (χ0n) is 11.5. The van der Waals surface area contributed by atoms with Crippen LogP contribution in [0.2, 0.25) is 5.02 Å². The van der Waals surface area contributed by atoms with Gasteiger partial charge in [-0.2, -0.15) is 0 Å². The Bertz CT molecular complexity index is 705. The zero-order valence-corrected chi connectivity index (χ0v) is 12.3. The summed E-state index contributed by atoms with van der Waals surface area (Å²) in [4.78, 5) is 7.95. The van der Waals surface area contributed by atoms with Gasteiger partial charge in [-0.05, 0) is 61.4 Å². The first-order valence-electron chi connectivity index (χ1n) is 6.57. The summed E-state index contributed by atoms with van der Waals surface area (Å²) in [5, 5.41) is 4.07. The van der Waals surface area contributed by atoms with Crippen LogP contribution in [-0.2, 0) is 6.54 Å². The highest BCUT2D eigenvalue weighted by atomic mass is 35.5. The molecule has 2 N–H and O–H groups in total. The molecule has 1 aromatic heterocycles. The second-order valence-corrected chi connectivity index (χ2v) is 5.43. The first kappa shape index (κ1) is 13.0. The fraction of sp³-hybridized carbons (Fsp3) is 0.188. The SMILES string of the molecule is Cc1cc2nc(CNc3ccc(Cl)cc3)[nH]c2cc1C. The van der Waals surface area contributed by atoms with Crippen molar-refractivity contribution in [1.82, 2.24) is 9.97 Å². The molecule has 3 aromatic rings. The average Bonchev–Trinajstić information content (AvgIpc) is 2.80. The number of hydrogen-bond donors (Lipinski definition) is 2. The Morgan fingerprint density at radius 3 is 2.55 bits per heavy atom. The molecule has 0 aliphatic carbocycles. The summed E-state index contributed by atoms with van der Waals surface area (Å²) >= 11 is 5.87. The number of anilines is 1. The Hall–Kier alpha value is -2.00. The Balaban J connectivity index is 1.79. The number of rotatable bonds is 3. The monoisotopic (exact) mass is 285 g/mol. The number of aryl methyl sites for hydroxylation is 2. The van der Waals surface area contributed by atoms with E-state index in [-0.39, 0.29) is 0 Å². The van der Waals surface area contributed by atoms with E-state index in [1.807, 2.05) is 24.3 Å². The third kappa shape index (κ3) is 2.63. The third-order valence-corrected chi connectivity index (χ3v) is 3.70. The molecule has 4 heteroatoms. The van der Waals surface area contributed by atoms with Crippen LogP contribution in [0.3, 0.4) is 0 Å². The molecule has 0 spiro atoms. The van der Waals surface area contributed by atoms with Gasteiger partial charge in [-0.1, -0.05) is 11.6 Å². The van der Waals surface area contributed by atoms with E-state index in [9.17, 15) is 0 Å². The largest absolute Gasteiger partial charge is 0.378 e. The van der Waals surface area contributed by atoms with Crippen molar-refractivity contribution in [1.29, 1.82) is 0 Å². The van der Waals surface area contributed by atoms with Gasteiger partial charge < -0.3 is 10.3 Å². The number of fused-ring (bicyclic) bond motifs is 1. The Morgan fingerprint density at radius 1 is 1.10 bits per heavy atom. The van der Waals surface area contributed by atoms with Gasteiger partial charge >= 0.3 is 0 Å². The molecule has 0 aliphatic rings. The number of aromatic amines is 1. The quantitative estimate of drug-likeness (QED) is 0.746. The predicted octanol–water partition coefficient (Wildman–Crippen LogP) is 4.45. The summed E-state index contributed by atoms with van der Waals surface area (Å²) in [5.41, 5.74) is 5.67. The van der Waals surface area contributed by atoms with Gasteiger partial charge in [-0.15, -0.1) is 0 Å². The third-order valence-electron chi connectivity index (χ3n) is 3.45. The Labute approximate surface area is 123 Å². The van der Waals surface area contributed by atoms with E-state index in [2.05, 4.69) is 41.3 Å². The maximum absolute atomic E-state index is 5.87. The van der Waals surface area contributed by atoms with Crippen LogP contribution in [-0.4, -0.2) is 9.97 Å². The van der Waals surface area contributed by atoms with Crippen molar-refractivity contribution in [3.05, 3.63) is 58.4 Å². The molecule has 0 fully saturated rings. The second-order valence-electron chi connectivity index (χ2n) is 5.00. The standard InChI is InChI=1S/C16H16ClN3/c1-10-7-14-15(8-11(10)2)20-16(19-14)9-18-13-5-3-12(17)4-6-13/h3-8,18H,9H2,1-2H3,(H,19,20). The van der Waals surface area contributed by atoms with Crippen molar-refractivity contribution in [3.63, 3.8) is 0 Å². The molecule has 3 rings (SSSR count). The van der Waals surface area contributed by atoms with Crippen LogP contribution in [0.1, 0.15) is 17.0 Å². The smallest absolute Gasteiger partial charge is 0.126 e. The lowest BCUT2D eigenvalue weighted by Gasteiger charge is -2.03. The van der Waals surface area contributed by atoms with Crippen molar-refractivity contribution < 1.29 is 0 Å². The minimum atomic E-state index is 0.661. The number of nitrogens with one attached hydrogen (secondary N) is 2. The van der Waals surface area contributed by atoms with Crippen LogP contribution >= 0.6 is 11.6 Å². The van der Waals surface area contributed by atoms with Gasteiger partial charge in [0.05, 0.1) is 17.6 Å². The van der Waals surface area contributed by atoms with Crippen LogP contribution < -0.4 is 5.32 Å². The Morgan fingerprint density at radius 2 is 1.80 bits per heavy atom. The molecule has 1 heterocycles. The topological polar surface area (TPSA) is 40.7 Å². The highest BCUT2D eigenvalue weighted by molar-refractivity contribution is 6.30. The minimum Gasteiger partial charge on any atom is -0.378 e. The highest BCUT2D eigenvalue weighted by Crippen LogP contribution is 2.18. The fourth-order valence-electron chi connectivity index (χ4n) is 2.16.